The summed E-state index contributed by atoms with van der Waals surface area (Å²) in [4.78, 5) is 29.4. The van der Waals surface area contributed by atoms with E-state index in [1.807, 2.05) is 19.2 Å². The number of benzene rings is 1. The topological polar surface area (TPSA) is 61.2 Å². The first-order valence-electron chi connectivity index (χ1n) is 9.29. The molecule has 0 aliphatic carbocycles. The molecule has 0 spiro atoms. The van der Waals surface area contributed by atoms with E-state index < -0.39 is 5.97 Å². The number of rotatable bonds is 5. The molecule has 0 aliphatic rings. The van der Waals surface area contributed by atoms with E-state index in [0.29, 0.717) is 5.39 Å². The first-order chi connectivity index (χ1) is 13.0. The second-order valence-electron chi connectivity index (χ2n) is 6.48. The lowest BCUT2D eigenvalue weighted by Crippen LogP contribution is -2.20. The quantitative estimate of drug-likeness (QED) is 0.644. The summed E-state index contributed by atoms with van der Waals surface area (Å²) in [5.41, 5.74) is 4.75. The third kappa shape index (κ3) is 3.63. The van der Waals surface area contributed by atoms with Gasteiger partial charge in [-0.2, -0.15) is 0 Å². The molecular weight excluding hydrogens is 340 g/mol. The Bertz CT molecular complexity index is 1040. The molecule has 5 nitrogen and oxygen atoms in total. The van der Waals surface area contributed by atoms with Crippen LogP contribution in [0.3, 0.4) is 0 Å². The van der Waals surface area contributed by atoms with E-state index in [1.54, 1.807) is 23.8 Å². The van der Waals surface area contributed by atoms with E-state index in [4.69, 9.17) is 4.74 Å². The number of fused-ring (bicyclic) bond motifs is 1. The summed E-state index contributed by atoms with van der Waals surface area (Å²) in [6.45, 7) is 6.14. The van der Waals surface area contributed by atoms with Gasteiger partial charge in [0.25, 0.3) is 0 Å². The fourth-order valence-electron chi connectivity index (χ4n) is 3.19. The first-order valence-corrected chi connectivity index (χ1v) is 9.29. The monoisotopic (exact) mass is 364 g/mol. The van der Waals surface area contributed by atoms with Crippen molar-refractivity contribution in [2.24, 2.45) is 7.05 Å². The molecular formula is C22H24N2O3. The smallest absolute Gasteiger partial charge is 0.343 e. The Kier molecular flexibility index (Phi) is 5.40. The highest BCUT2D eigenvalue weighted by Crippen LogP contribution is 2.25. The number of esters is 1. The number of aryl methyl sites for hydroxylation is 3. The van der Waals surface area contributed by atoms with Gasteiger partial charge in [0.15, 0.2) is 0 Å². The lowest BCUT2D eigenvalue weighted by Gasteiger charge is -2.12. The van der Waals surface area contributed by atoms with Crippen LogP contribution in [0.2, 0.25) is 0 Å². The van der Waals surface area contributed by atoms with Crippen LogP contribution in [-0.4, -0.2) is 22.1 Å². The summed E-state index contributed by atoms with van der Waals surface area (Å²) in [5, 5.41) is 0.507. The van der Waals surface area contributed by atoms with Gasteiger partial charge in [0.05, 0.1) is 12.1 Å². The fourth-order valence-corrected chi connectivity index (χ4v) is 3.19. The minimum absolute atomic E-state index is 0.0602. The molecule has 0 aliphatic heterocycles. The molecule has 140 valence electrons. The van der Waals surface area contributed by atoms with Gasteiger partial charge in [-0.1, -0.05) is 19.9 Å². The van der Waals surface area contributed by atoms with E-state index in [-0.39, 0.29) is 17.6 Å². The molecule has 27 heavy (non-hydrogen) atoms. The standard InChI is InChI=1S/C22H24N2O3/c1-5-16-10-15(11-17(6-2)23-16)14-8-9-18-20(12-14)24(4)13-19(21(18)25)22(26)27-7-3/h8-13H,5-7H2,1-4H3. The van der Waals surface area contributed by atoms with Gasteiger partial charge in [-0.15, -0.1) is 0 Å². The van der Waals surface area contributed by atoms with Gasteiger partial charge >= 0.3 is 5.97 Å². The van der Waals surface area contributed by atoms with Gasteiger partial charge in [-0.3, -0.25) is 9.78 Å². The molecule has 0 unspecified atom stereocenters. The van der Waals surface area contributed by atoms with Gasteiger partial charge in [0.2, 0.25) is 5.43 Å². The number of carbonyl (C=O) groups is 1. The van der Waals surface area contributed by atoms with Crippen LogP contribution in [0.1, 0.15) is 42.5 Å². The predicted molar refractivity (Wildman–Crippen MR) is 107 cm³/mol. The minimum Gasteiger partial charge on any atom is -0.462 e. The van der Waals surface area contributed by atoms with E-state index in [9.17, 15) is 9.59 Å². The molecule has 0 saturated carbocycles. The molecule has 0 radical (unpaired) electrons. The molecule has 0 fully saturated rings. The van der Waals surface area contributed by atoms with Crippen molar-refractivity contribution in [3.05, 3.63) is 63.7 Å². The molecule has 5 heteroatoms. The third-order valence-corrected chi connectivity index (χ3v) is 4.67. The predicted octanol–water partition coefficient (Wildman–Crippen LogP) is 3.90. The zero-order chi connectivity index (χ0) is 19.6. The average molecular weight is 364 g/mol. The number of ether oxygens (including phenoxy) is 1. The summed E-state index contributed by atoms with van der Waals surface area (Å²) in [5.74, 6) is -0.585. The Morgan fingerprint density at radius 1 is 1.04 bits per heavy atom. The first kappa shape index (κ1) is 18.8. The van der Waals surface area contributed by atoms with E-state index in [2.05, 4.69) is 31.0 Å². The van der Waals surface area contributed by atoms with Crippen LogP contribution in [0.5, 0.6) is 0 Å². The van der Waals surface area contributed by atoms with Crippen LogP contribution in [0, 0.1) is 0 Å². The maximum atomic E-state index is 12.7. The third-order valence-electron chi connectivity index (χ3n) is 4.67. The molecule has 1 aromatic carbocycles. The normalized spacial score (nSPS) is 11.0. The Labute approximate surface area is 158 Å². The van der Waals surface area contributed by atoms with Crippen molar-refractivity contribution in [3.63, 3.8) is 0 Å². The zero-order valence-electron chi connectivity index (χ0n) is 16.2. The van der Waals surface area contributed by atoms with Crippen molar-refractivity contribution >= 4 is 16.9 Å². The molecule has 3 rings (SSSR count). The highest BCUT2D eigenvalue weighted by atomic mass is 16.5. The molecule has 0 amide bonds. The summed E-state index contributed by atoms with van der Waals surface area (Å²) in [6.07, 6.45) is 3.29. The lowest BCUT2D eigenvalue weighted by atomic mass is 10.0. The number of hydrogen-bond acceptors (Lipinski definition) is 4. The fraction of sp³-hybridized carbons (Fsp3) is 0.318. The summed E-state index contributed by atoms with van der Waals surface area (Å²) in [7, 11) is 1.83. The Hall–Kier alpha value is -2.95. The van der Waals surface area contributed by atoms with Gasteiger partial charge in [-0.25, -0.2) is 4.79 Å². The maximum Gasteiger partial charge on any atom is 0.343 e. The van der Waals surface area contributed by atoms with Crippen molar-refractivity contribution in [2.45, 2.75) is 33.6 Å². The molecule has 2 aromatic heterocycles. The Morgan fingerprint density at radius 3 is 2.30 bits per heavy atom. The summed E-state index contributed by atoms with van der Waals surface area (Å²) in [6, 6.07) is 9.87. The summed E-state index contributed by atoms with van der Waals surface area (Å²) < 4.78 is 6.80. The highest BCUT2D eigenvalue weighted by molar-refractivity contribution is 5.94. The van der Waals surface area contributed by atoms with Crippen LogP contribution in [0.4, 0.5) is 0 Å². The summed E-state index contributed by atoms with van der Waals surface area (Å²) >= 11 is 0. The van der Waals surface area contributed by atoms with Gasteiger partial charge in [-0.05, 0) is 55.2 Å². The number of nitrogens with zero attached hydrogens (tertiary/aromatic N) is 2. The van der Waals surface area contributed by atoms with Crippen molar-refractivity contribution < 1.29 is 9.53 Å². The van der Waals surface area contributed by atoms with Gasteiger partial charge in [0.1, 0.15) is 5.56 Å². The van der Waals surface area contributed by atoms with Crippen molar-refractivity contribution in [3.8, 4) is 11.1 Å². The molecule has 3 aromatic rings. The highest BCUT2D eigenvalue weighted by Gasteiger charge is 2.16. The average Bonchev–Trinajstić information content (AvgIpc) is 2.69. The van der Waals surface area contributed by atoms with Crippen LogP contribution < -0.4 is 5.43 Å². The molecule has 0 saturated heterocycles. The largest absolute Gasteiger partial charge is 0.462 e. The lowest BCUT2D eigenvalue weighted by molar-refractivity contribution is 0.0524. The van der Waals surface area contributed by atoms with Gasteiger partial charge < -0.3 is 9.30 Å². The second-order valence-corrected chi connectivity index (χ2v) is 6.48. The Balaban J connectivity index is 2.17. The van der Waals surface area contributed by atoms with E-state index >= 15 is 0 Å². The van der Waals surface area contributed by atoms with Crippen LogP contribution in [-0.2, 0) is 24.6 Å². The van der Waals surface area contributed by atoms with Gasteiger partial charge in [0, 0.05) is 30.0 Å². The van der Waals surface area contributed by atoms with E-state index in [1.165, 1.54) is 0 Å². The zero-order valence-corrected chi connectivity index (χ0v) is 16.2. The number of hydrogen-bond donors (Lipinski definition) is 0. The molecule has 0 atom stereocenters. The molecule has 2 heterocycles. The number of aromatic nitrogens is 2. The van der Waals surface area contributed by atoms with Crippen molar-refractivity contribution in [2.75, 3.05) is 6.61 Å². The van der Waals surface area contributed by atoms with Crippen LogP contribution in [0.25, 0.3) is 22.0 Å². The molecule has 0 bridgehead atoms. The Morgan fingerprint density at radius 2 is 1.70 bits per heavy atom. The molecule has 0 N–H and O–H groups in total. The van der Waals surface area contributed by atoms with Crippen LogP contribution in [0.15, 0.2) is 41.3 Å². The number of carbonyl (C=O) groups excluding carboxylic acids is 1. The van der Waals surface area contributed by atoms with Crippen molar-refractivity contribution in [1.29, 1.82) is 0 Å². The number of pyridine rings is 2. The van der Waals surface area contributed by atoms with E-state index in [0.717, 1.165) is 40.9 Å². The minimum atomic E-state index is -0.585. The second kappa shape index (κ2) is 7.74. The maximum absolute atomic E-state index is 12.7. The van der Waals surface area contributed by atoms with Crippen LogP contribution >= 0.6 is 0 Å². The van der Waals surface area contributed by atoms with Crippen molar-refractivity contribution in [1.82, 2.24) is 9.55 Å². The SMILES string of the molecule is CCOC(=O)c1cn(C)c2cc(-c3cc(CC)nc(CC)c3)ccc2c1=O.